The van der Waals surface area contributed by atoms with Crippen molar-refractivity contribution in [3.8, 4) is 0 Å². The number of aliphatic hydroxyl groups excluding tert-OH is 1. The molecule has 0 aliphatic heterocycles. The molecule has 3 atom stereocenters. The van der Waals surface area contributed by atoms with E-state index < -0.39 is 0 Å². The van der Waals surface area contributed by atoms with Gasteiger partial charge in [-0.3, -0.25) is 4.79 Å². The standard InChI is InChI=1S/C15H29NO2/c1-11(10-15(2,3)4)9-14(18)16-12-7-5-6-8-13(12)17/h11-13,17H,5-10H2,1-4H3,(H,16,18). The first kappa shape index (κ1) is 15.5. The first-order valence-corrected chi connectivity index (χ1v) is 7.25. The van der Waals surface area contributed by atoms with Crippen molar-refractivity contribution in [2.75, 3.05) is 0 Å². The molecule has 0 spiro atoms. The molecule has 1 amide bonds. The lowest BCUT2D eigenvalue weighted by Crippen LogP contribution is -2.45. The monoisotopic (exact) mass is 255 g/mol. The Kier molecular flexibility index (Phi) is 5.64. The summed E-state index contributed by atoms with van der Waals surface area (Å²) in [7, 11) is 0. The summed E-state index contributed by atoms with van der Waals surface area (Å²) >= 11 is 0. The Morgan fingerprint density at radius 1 is 1.33 bits per heavy atom. The molecule has 0 heterocycles. The van der Waals surface area contributed by atoms with Crippen LogP contribution < -0.4 is 5.32 Å². The van der Waals surface area contributed by atoms with Gasteiger partial charge in [0.1, 0.15) is 0 Å². The van der Waals surface area contributed by atoms with Crippen LogP contribution in [0.2, 0.25) is 0 Å². The molecule has 3 heteroatoms. The topological polar surface area (TPSA) is 49.3 Å². The van der Waals surface area contributed by atoms with Crippen LogP contribution >= 0.6 is 0 Å². The van der Waals surface area contributed by atoms with Crippen LogP contribution in [0.5, 0.6) is 0 Å². The predicted octanol–water partition coefficient (Wildman–Crippen LogP) is 2.87. The average Bonchev–Trinajstić information content (AvgIpc) is 2.18. The van der Waals surface area contributed by atoms with Gasteiger partial charge in [-0.15, -0.1) is 0 Å². The van der Waals surface area contributed by atoms with Gasteiger partial charge in [0.25, 0.3) is 0 Å². The Bertz CT molecular complexity index is 270. The number of nitrogens with one attached hydrogen (secondary N) is 1. The summed E-state index contributed by atoms with van der Waals surface area (Å²) in [5, 5.41) is 12.8. The number of carbonyl (C=O) groups is 1. The lowest BCUT2D eigenvalue weighted by molar-refractivity contribution is -0.124. The minimum absolute atomic E-state index is 0.0203. The van der Waals surface area contributed by atoms with Crippen LogP contribution in [0.15, 0.2) is 0 Å². The number of aliphatic hydroxyl groups is 1. The second-order valence-electron chi connectivity index (χ2n) is 7.10. The molecule has 3 nitrogen and oxygen atoms in total. The second-order valence-corrected chi connectivity index (χ2v) is 7.10. The Morgan fingerprint density at radius 3 is 2.50 bits per heavy atom. The Balaban J connectivity index is 2.32. The van der Waals surface area contributed by atoms with Crippen LogP contribution in [0.4, 0.5) is 0 Å². The van der Waals surface area contributed by atoms with Gasteiger partial charge in [-0.05, 0) is 30.6 Å². The third-order valence-corrected chi connectivity index (χ3v) is 3.57. The van der Waals surface area contributed by atoms with Crippen LogP contribution in [-0.2, 0) is 4.79 Å². The van der Waals surface area contributed by atoms with Gasteiger partial charge in [0.15, 0.2) is 0 Å². The molecule has 0 aromatic carbocycles. The van der Waals surface area contributed by atoms with Gasteiger partial charge in [-0.2, -0.15) is 0 Å². The van der Waals surface area contributed by atoms with E-state index in [1.165, 1.54) is 0 Å². The van der Waals surface area contributed by atoms with Gasteiger partial charge in [0.05, 0.1) is 12.1 Å². The fraction of sp³-hybridized carbons (Fsp3) is 0.933. The number of hydrogen-bond donors (Lipinski definition) is 2. The summed E-state index contributed by atoms with van der Waals surface area (Å²) in [5.74, 6) is 0.489. The normalized spacial score (nSPS) is 26.7. The van der Waals surface area contributed by atoms with Gasteiger partial charge < -0.3 is 10.4 Å². The number of hydrogen-bond acceptors (Lipinski definition) is 2. The largest absolute Gasteiger partial charge is 0.391 e. The van der Waals surface area contributed by atoms with Crippen LogP contribution in [0, 0.1) is 11.3 Å². The molecule has 0 aromatic rings. The highest BCUT2D eigenvalue weighted by Crippen LogP contribution is 2.26. The summed E-state index contributed by atoms with van der Waals surface area (Å²) in [6.07, 6.45) is 5.20. The zero-order valence-electron chi connectivity index (χ0n) is 12.3. The van der Waals surface area contributed by atoms with Crippen molar-refractivity contribution in [2.24, 2.45) is 11.3 Å². The third-order valence-electron chi connectivity index (χ3n) is 3.57. The van der Waals surface area contributed by atoms with Crippen molar-refractivity contribution in [3.63, 3.8) is 0 Å². The lowest BCUT2D eigenvalue weighted by atomic mass is 9.84. The molecule has 1 aliphatic carbocycles. The summed E-state index contributed by atoms with van der Waals surface area (Å²) in [5.41, 5.74) is 0.268. The van der Waals surface area contributed by atoms with Crippen molar-refractivity contribution in [2.45, 2.75) is 78.4 Å². The van der Waals surface area contributed by atoms with E-state index in [2.05, 4.69) is 33.0 Å². The van der Waals surface area contributed by atoms with E-state index >= 15 is 0 Å². The quantitative estimate of drug-likeness (QED) is 0.811. The van der Waals surface area contributed by atoms with E-state index in [-0.39, 0.29) is 23.5 Å². The minimum Gasteiger partial charge on any atom is -0.391 e. The van der Waals surface area contributed by atoms with Crippen molar-refractivity contribution in [1.29, 1.82) is 0 Å². The van der Waals surface area contributed by atoms with Gasteiger partial charge in [0.2, 0.25) is 5.91 Å². The maximum absolute atomic E-state index is 11.9. The molecule has 1 rings (SSSR count). The van der Waals surface area contributed by atoms with Crippen molar-refractivity contribution >= 4 is 5.91 Å². The van der Waals surface area contributed by atoms with E-state index in [4.69, 9.17) is 0 Å². The smallest absolute Gasteiger partial charge is 0.220 e. The Morgan fingerprint density at radius 2 is 1.94 bits per heavy atom. The fourth-order valence-corrected chi connectivity index (χ4v) is 2.98. The minimum atomic E-state index is -0.347. The summed E-state index contributed by atoms with van der Waals surface area (Å²) < 4.78 is 0. The molecular weight excluding hydrogens is 226 g/mol. The highest BCUT2D eigenvalue weighted by atomic mass is 16.3. The van der Waals surface area contributed by atoms with Gasteiger partial charge in [-0.1, -0.05) is 40.5 Å². The van der Waals surface area contributed by atoms with Crippen LogP contribution in [0.3, 0.4) is 0 Å². The summed E-state index contributed by atoms with van der Waals surface area (Å²) in [4.78, 5) is 11.9. The molecule has 0 bridgehead atoms. The van der Waals surface area contributed by atoms with Gasteiger partial charge in [-0.25, -0.2) is 0 Å². The van der Waals surface area contributed by atoms with Crippen LogP contribution in [-0.4, -0.2) is 23.2 Å². The summed E-state index contributed by atoms with van der Waals surface area (Å²) in [6.45, 7) is 8.73. The zero-order chi connectivity index (χ0) is 13.8. The van der Waals surface area contributed by atoms with Gasteiger partial charge >= 0.3 is 0 Å². The maximum atomic E-state index is 11.9. The van der Waals surface area contributed by atoms with E-state index in [0.717, 1.165) is 32.1 Å². The molecule has 106 valence electrons. The van der Waals surface area contributed by atoms with E-state index in [1.54, 1.807) is 0 Å². The number of rotatable bonds is 4. The fourth-order valence-electron chi connectivity index (χ4n) is 2.98. The Hall–Kier alpha value is -0.570. The SMILES string of the molecule is CC(CC(=O)NC1CCCCC1O)CC(C)(C)C. The van der Waals surface area contributed by atoms with E-state index in [9.17, 15) is 9.90 Å². The maximum Gasteiger partial charge on any atom is 0.220 e. The molecule has 0 saturated heterocycles. The summed E-state index contributed by atoms with van der Waals surface area (Å²) in [6, 6.07) is -0.0203. The van der Waals surface area contributed by atoms with Crippen LogP contribution in [0.25, 0.3) is 0 Å². The third kappa shape index (κ3) is 5.85. The molecule has 1 aliphatic rings. The van der Waals surface area contributed by atoms with Crippen molar-refractivity contribution in [1.82, 2.24) is 5.32 Å². The number of amides is 1. The Labute approximate surface area is 111 Å². The lowest BCUT2D eigenvalue weighted by Gasteiger charge is -2.29. The van der Waals surface area contributed by atoms with Gasteiger partial charge in [0, 0.05) is 6.42 Å². The molecule has 3 unspecified atom stereocenters. The van der Waals surface area contributed by atoms with Crippen molar-refractivity contribution < 1.29 is 9.90 Å². The van der Waals surface area contributed by atoms with Crippen LogP contribution in [0.1, 0.15) is 66.2 Å². The zero-order valence-corrected chi connectivity index (χ0v) is 12.3. The first-order chi connectivity index (χ1) is 8.28. The first-order valence-electron chi connectivity index (χ1n) is 7.25. The molecular formula is C15H29NO2. The van der Waals surface area contributed by atoms with E-state index in [1.807, 2.05) is 0 Å². The molecule has 0 radical (unpaired) electrons. The molecule has 1 fully saturated rings. The molecule has 1 saturated carbocycles. The highest BCUT2D eigenvalue weighted by Gasteiger charge is 2.25. The molecule has 18 heavy (non-hydrogen) atoms. The van der Waals surface area contributed by atoms with E-state index in [0.29, 0.717) is 12.3 Å². The predicted molar refractivity (Wildman–Crippen MR) is 74.3 cm³/mol. The molecule has 0 aromatic heterocycles. The highest BCUT2D eigenvalue weighted by molar-refractivity contribution is 5.76. The number of carbonyl (C=O) groups excluding carboxylic acids is 1. The average molecular weight is 255 g/mol. The van der Waals surface area contributed by atoms with Crippen molar-refractivity contribution in [3.05, 3.63) is 0 Å². The molecule has 2 N–H and O–H groups in total. The second kappa shape index (κ2) is 6.55.